The van der Waals surface area contributed by atoms with Gasteiger partial charge in [-0.15, -0.1) is 0 Å². The lowest BCUT2D eigenvalue weighted by molar-refractivity contribution is -0.176. The second-order valence-electron chi connectivity index (χ2n) is 3.46. The normalized spacial score (nSPS) is 15.6. The molecule has 0 saturated heterocycles. The number of carboxylic acid groups (broad SMARTS) is 1. The molecule has 0 bridgehead atoms. The number of ether oxygens (including phenoxy) is 1. The molecule has 0 heterocycles. The Balaban J connectivity index is 5.13. The van der Waals surface area contributed by atoms with Crippen LogP contribution in [0, 0.1) is 0 Å². The van der Waals surface area contributed by atoms with Gasteiger partial charge in [-0.2, -0.15) is 13.2 Å². The molecule has 18 heavy (non-hydrogen) atoms. The number of carbonyl (C=O) groups excluding carboxylic acids is 2. The molecule has 0 aliphatic rings. The van der Waals surface area contributed by atoms with Crippen LogP contribution in [0.4, 0.5) is 13.2 Å². The first-order valence-corrected chi connectivity index (χ1v) is 4.70. The zero-order valence-electron chi connectivity index (χ0n) is 10.5. The lowest BCUT2D eigenvalue weighted by atomic mass is 10.2. The Hall–Kier alpha value is -1.80. The fraction of sp³-hybridized carbons (Fsp3) is 0.667. The number of alkyl halides is 3. The molecule has 1 atom stereocenters. The Kier molecular flexibility index (Phi) is 4.93. The zero-order chi connectivity index (χ0) is 15.4. The number of aliphatic carboxylic acids is 1. The van der Waals surface area contributed by atoms with E-state index in [2.05, 4.69) is 4.74 Å². The summed E-state index contributed by atoms with van der Waals surface area (Å²) >= 11 is 0. The van der Waals surface area contributed by atoms with Gasteiger partial charge in [0.25, 0.3) is 0 Å². The van der Waals surface area contributed by atoms with Crippen molar-refractivity contribution >= 4 is 17.8 Å². The van der Waals surface area contributed by atoms with E-state index < -0.39 is 42.6 Å². The molecule has 0 spiro atoms. The fourth-order valence-electron chi connectivity index (χ4n) is 0.812. The average Bonchev–Trinajstić information content (AvgIpc) is 2.13. The molecule has 0 fully saturated rings. The fourth-order valence-corrected chi connectivity index (χ4v) is 0.812. The van der Waals surface area contributed by atoms with Crippen LogP contribution in [-0.4, -0.2) is 41.3 Å². The number of halogens is 3. The Bertz CT molecular complexity index is 385. The summed E-state index contributed by atoms with van der Waals surface area (Å²) in [6.07, 6.45) is -7.49. The predicted molar refractivity (Wildman–Crippen MR) is 51.5 cm³/mol. The highest BCUT2D eigenvalue weighted by Crippen LogP contribution is 2.15. The summed E-state index contributed by atoms with van der Waals surface area (Å²) < 4.78 is 48.0. The highest BCUT2D eigenvalue weighted by atomic mass is 19.4. The minimum atomic E-state index is -5.34. The smallest absolute Gasteiger partial charge is 0.471 e. The van der Waals surface area contributed by atoms with Crippen molar-refractivity contribution in [2.45, 2.75) is 38.6 Å². The lowest BCUT2D eigenvalue weighted by Crippen LogP contribution is -2.48. The molecule has 104 valence electrons. The molecule has 0 aliphatic carbocycles. The molecule has 0 aromatic rings. The number of rotatable bonds is 5. The summed E-state index contributed by atoms with van der Waals surface area (Å²) in [5.74, 6) is -5.91. The number of carboxylic acids is 1. The second kappa shape index (κ2) is 6.22. The van der Waals surface area contributed by atoms with Gasteiger partial charge in [0.1, 0.15) is 6.02 Å². The Morgan fingerprint density at radius 2 is 1.89 bits per heavy atom. The van der Waals surface area contributed by atoms with E-state index in [9.17, 15) is 27.6 Å². The number of amides is 1. The Labute approximate surface area is 102 Å². The third kappa shape index (κ3) is 6.06. The van der Waals surface area contributed by atoms with Crippen LogP contribution in [0.25, 0.3) is 0 Å². The highest BCUT2D eigenvalue weighted by Gasteiger charge is 2.41. The Morgan fingerprint density at radius 1 is 1.39 bits per heavy atom. The zero-order valence-corrected chi connectivity index (χ0v) is 9.50. The van der Waals surface area contributed by atoms with Crippen molar-refractivity contribution < 1.29 is 38.8 Å². The summed E-state index contributed by atoms with van der Waals surface area (Å²) in [4.78, 5) is 32.6. The minimum absolute atomic E-state index is 0.784. The van der Waals surface area contributed by atoms with Crippen LogP contribution in [0.5, 0.6) is 0 Å². The van der Waals surface area contributed by atoms with E-state index in [1.807, 2.05) is 0 Å². The molecule has 1 amide bonds. The van der Waals surface area contributed by atoms with Gasteiger partial charge in [-0.25, -0.2) is 4.79 Å². The maximum Gasteiger partial charge on any atom is 0.471 e. The van der Waals surface area contributed by atoms with E-state index >= 15 is 0 Å². The largest absolute Gasteiger partial charge is 0.481 e. The van der Waals surface area contributed by atoms with E-state index in [0.29, 0.717) is 0 Å². The number of hydrogen-bond donors (Lipinski definition) is 2. The van der Waals surface area contributed by atoms with Crippen LogP contribution in [0.2, 0.25) is 0 Å². The molecule has 0 aliphatic heterocycles. The summed E-state index contributed by atoms with van der Waals surface area (Å²) in [6.45, 7) is 2.70. The average molecular weight is 272 g/mol. The first kappa shape index (κ1) is 14.3. The maximum atomic E-state index is 12.0. The van der Waals surface area contributed by atoms with Crippen molar-refractivity contribution in [2.24, 2.45) is 0 Å². The Morgan fingerprint density at radius 3 is 2.22 bits per heavy atom. The van der Waals surface area contributed by atoms with Gasteiger partial charge < -0.3 is 15.2 Å². The quantitative estimate of drug-likeness (QED) is 0.709. The van der Waals surface area contributed by atoms with E-state index in [0.717, 1.165) is 5.32 Å². The third-order valence-electron chi connectivity index (χ3n) is 1.44. The van der Waals surface area contributed by atoms with E-state index in [4.69, 9.17) is 6.48 Å². The summed E-state index contributed by atoms with van der Waals surface area (Å²) in [6, 6.07) is -3.04. The maximum absolute atomic E-state index is 12.0. The van der Waals surface area contributed by atoms with Gasteiger partial charge >= 0.3 is 24.0 Å². The van der Waals surface area contributed by atoms with Crippen LogP contribution < -0.4 is 5.32 Å². The van der Waals surface area contributed by atoms with E-state index in [1.54, 1.807) is 0 Å². The monoisotopic (exact) mass is 272 g/mol. The third-order valence-corrected chi connectivity index (χ3v) is 1.44. The first-order valence-electron chi connectivity index (χ1n) is 5.20. The van der Waals surface area contributed by atoms with Crippen LogP contribution in [0.15, 0.2) is 0 Å². The van der Waals surface area contributed by atoms with Crippen LogP contribution >= 0.6 is 0 Å². The molecule has 9 heteroatoms. The molecule has 0 unspecified atom stereocenters. The molecule has 0 radical (unpaired) electrons. The summed E-state index contributed by atoms with van der Waals surface area (Å²) in [7, 11) is 0. The van der Waals surface area contributed by atoms with Gasteiger partial charge in [0.05, 0.1) is 13.9 Å². The summed E-state index contributed by atoms with van der Waals surface area (Å²) in [5.41, 5.74) is 0. The molecule has 0 saturated carbocycles. The number of carbonyl (C=O) groups is 3. The highest BCUT2D eigenvalue weighted by molar-refractivity contribution is 5.89. The van der Waals surface area contributed by atoms with Gasteiger partial charge in [0, 0.05) is 0 Å². The summed E-state index contributed by atoms with van der Waals surface area (Å²) in [5, 5.41) is 9.50. The van der Waals surface area contributed by atoms with Crippen molar-refractivity contribution in [1.82, 2.24) is 5.32 Å². The van der Waals surface area contributed by atoms with Crippen molar-refractivity contribution in [3.05, 3.63) is 0 Å². The molecule has 0 rings (SSSR count). The van der Waals surface area contributed by atoms with Crippen molar-refractivity contribution in [3.63, 3.8) is 0 Å². The van der Waals surface area contributed by atoms with Gasteiger partial charge in [-0.3, -0.25) is 9.59 Å². The number of hydrogen-bond acceptors (Lipinski definition) is 4. The van der Waals surface area contributed by atoms with Gasteiger partial charge in [-0.05, 0) is 13.8 Å². The lowest BCUT2D eigenvalue weighted by Gasteiger charge is -2.18. The van der Waals surface area contributed by atoms with E-state index in [-0.39, 0.29) is 0 Å². The molecule has 0 aromatic heterocycles. The van der Waals surface area contributed by atoms with Crippen LogP contribution in [0.1, 0.15) is 21.6 Å². The SMILES string of the molecule is [2H][C@@](CC(=O)O)(NC(=O)C(F)(F)F)C(=O)OC(C)C. The first-order chi connectivity index (χ1) is 8.38. The van der Waals surface area contributed by atoms with Crippen molar-refractivity contribution in [2.75, 3.05) is 0 Å². The molecular formula is C9H12F3NO5. The van der Waals surface area contributed by atoms with Crippen LogP contribution in [0.3, 0.4) is 0 Å². The molecule has 0 aromatic carbocycles. The minimum Gasteiger partial charge on any atom is -0.481 e. The predicted octanol–water partition coefficient (Wildman–Crippen LogP) is 0.460. The standard InChI is InChI=1S/C9H12F3NO5/c1-4(2)18-7(16)5(3-6(14)15)13-8(17)9(10,11)12/h4-5H,3H2,1-2H3,(H,13,17)(H,14,15)/t5-/m0/s1/i5D. The van der Waals surface area contributed by atoms with Gasteiger partial charge in [0.2, 0.25) is 0 Å². The second-order valence-corrected chi connectivity index (χ2v) is 3.46. The molecule has 6 nitrogen and oxygen atoms in total. The topological polar surface area (TPSA) is 92.7 Å². The van der Waals surface area contributed by atoms with E-state index in [1.165, 1.54) is 13.8 Å². The van der Waals surface area contributed by atoms with Gasteiger partial charge in [-0.1, -0.05) is 0 Å². The van der Waals surface area contributed by atoms with Crippen molar-refractivity contribution in [3.8, 4) is 0 Å². The molecular weight excluding hydrogens is 259 g/mol. The number of esters is 1. The number of nitrogens with one attached hydrogen (secondary N) is 1. The van der Waals surface area contributed by atoms with Crippen LogP contribution in [-0.2, 0) is 19.1 Å². The molecule has 2 N–H and O–H groups in total. The van der Waals surface area contributed by atoms with Gasteiger partial charge in [0.15, 0.2) is 0 Å². The van der Waals surface area contributed by atoms with Crippen molar-refractivity contribution in [1.29, 1.82) is 0 Å².